The topological polar surface area (TPSA) is 96.0 Å². The normalized spacial score (nSPS) is 17.4. The van der Waals surface area contributed by atoms with Crippen LogP contribution in [0.5, 0.6) is 5.75 Å². The maximum absolute atomic E-state index is 13.0. The lowest BCUT2D eigenvalue weighted by molar-refractivity contribution is -0.125. The van der Waals surface area contributed by atoms with Gasteiger partial charge in [0.05, 0.1) is 10.6 Å². The highest BCUT2D eigenvalue weighted by Gasteiger charge is 2.32. The largest absolute Gasteiger partial charge is 0.482 e. The lowest BCUT2D eigenvalue weighted by atomic mass is 10.1. The van der Waals surface area contributed by atoms with Crippen molar-refractivity contribution in [3.05, 3.63) is 54.1 Å². The molecule has 0 saturated carbocycles. The minimum atomic E-state index is -3.66. The van der Waals surface area contributed by atoms with Crippen molar-refractivity contribution in [3.63, 3.8) is 0 Å². The number of hydrogen-bond acceptors (Lipinski definition) is 5. The van der Waals surface area contributed by atoms with E-state index in [0.29, 0.717) is 24.5 Å². The Hall–Kier alpha value is -2.91. The van der Waals surface area contributed by atoms with E-state index in [9.17, 15) is 18.0 Å². The maximum atomic E-state index is 13.0. The zero-order chi connectivity index (χ0) is 23.4. The highest BCUT2D eigenvalue weighted by atomic mass is 32.2. The van der Waals surface area contributed by atoms with Gasteiger partial charge in [0.2, 0.25) is 15.9 Å². The lowest BCUT2D eigenvalue weighted by Gasteiger charge is -2.30. The molecule has 1 saturated heterocycles. The molecule has 33 heavy (non-hydrogen) atoms. The summed E-state index contributed by atoms with van der Waals surface area (Å²) in [6.45, 7) is 2.51. The Labute approximate surface area is 194 Å². The van der Waals surface area contributed by atoms with Crippen molar-refractivity contribution in [2.45, 2.75) is 43.5 Å². The molecular weight excluding hydrogens is 442 g/mol. The molecule has 9 heteroatoms. The maximum Gasteiger partial charge on any atom is 0.265 e. The van der Waals surface area contributed by atoms with Gasteiger partial charge >= 0.3 is 0 Å². The predicted octanol–water partition coefficient (Wildman–Crippen LogP) is 2.33. The molecule has 2 amide bonds. The Balaban J connectivity index is 1.45. The molecule has 2 aliphatic heterocycles. The van der Waals surface area contributed by atoms with Crippen LogP contribution in [0.15, 0.2) is 53.4 Å². The first-order chi connectivity index (χ1) is 15.8. The Morgan fingerprint density at radius 1 is 1.12 bits per heavy atom. The SMILES string of the molecule is C[C@H](CCc1ccccc1)NC(=O)CN1C(=O)COc2ccc(S(=O)(=O)N3CCCC3)cc21. The van der Waals surface area contributed by atoms with Crippen LogP contribution in [-0.2, 0) is 26.0 Å². The van der Waals surface area contributed by atoms with Gasteiger partial charge < -0.3 is 10.1 Å². The number of ether oxygens (including phenoxy) is 1. The first-order valence-electron chi connectivity index (χ1n) is 11.3. The fourth-order valence-electron chi connectivity index (χ4n) is 4.16. The van der Waals surface area contributed by atoms with Crippen LogP contribution in [0.2, 0.25) is 0 Å². The Morgan fingerprint density at radius 2 is 1.85 bits per heavy atom. The van der Waals surface area contributed by atoms with Gasteiger partial charge in [-0.15, -0.1) is 0 Å². The summed E-state index contributed by atoms with van der Waals surface area (Å²) in [6, 6.07) is 14.4. The standard InChI is InChI=1S/C24H29N3O5S/c1-18(9-10-19-7-3-2-4-8-19)25-23(28)16-27-21-15-20(11-12-22(21)32-17-24(27)29)33(30,31)26-13-5-6-14-26/h2-4,7-8,11-12,15,18H,5-6,9-10,13-14,16-17H2,1H3,(H,25,28)/t18-/m1/s1. The Bertz CT molecular complexity index is 1110. The Kier molecular flexibility index (Phi) is 6.99. The molecule has 2 aromatic carbocycles. The number of aryl methyl sites for hydroxylation is 1. The molecule has 1 atom stereocenters. The van der Waals surface area contributed by atoms with Gasteiger partial charge in [0, 0.05) is 19.1 Å². The minimum absolute atomic E-state index is 0.0739. The fraction of sp³-hybridized carbons (Fsp3) is 0.417. The summed E-state index contributed by atoms with van der Waals surface area (Å²) in [5, 5.41) is 2.94. The summed E-state index contributed by atoms with van der Waals surface area (Å²) in [5.74, 6) is -0.297. The van der Waals surface area contributed by atoms with E-state index in [0.717, 1.165) is 25.7 Å². The molecule has 8 nitrogen and oxygen atoms in total. The number of carbonyl (C=O) groups is 2. The summed E-state index contributed by atoms with van der Waals surface area (Å²) < 4.78 is 32.9. The smallest absolute Gasteiger partial charge is 0.265 e. The number of nitrogens with one attached hydrogen (secondary N) is 1. The number of carbonyl (C=O) groups excluding carboxylic acids is 2. The number of amides is 2. The van der Waals surface area contributed by atoms with Gasteiger partial charge in [0.15, 0.2) is 6.61 Å². The molecule has 0 bridgehead atoms. The number of sulfonamides is 1. The van der Waals surface area contributed by atoms with Crippen molar-refractivity contribution in [1.82, 2.24) is 9.62 Å². The van der Waals surface area contributed by atoms with Crippen LogP contribution >= 0.6 is 0 Å². The number of fused-ring (bicyclic) bond motifs is 1. The number of hydrogen-bond donors (Lipinski definition) is 1. The number of anilines is 1. The lowest BCUT2D eigenvalue weighted by Crippen LogP contribution is -2.47. The molecule has 1 fully saturated rings. The monoisotopic (exact) mass is 471 g/mol. The Morgan fingerprint density at radius 3 is 2.58 bits per heavy atom. The second-order valence-corrected chi connectivity index (χ2v) is 10.4. The van der Waals surface area contributed by atoms with Gasteiger partial charge in [-0.25, -0.2) is 8.42 Å². The molecular formula is C24H29N3O5S. The molecule has 2 aromatic rings. The summed E-state index contributed by atoms with van der Waals surface area (Å²) in [5.41, 5.74) is 1.50. The molecule has 0 aromatic heterocycles. The van der Waals surface area contributed by atoms with E-state index in [2.05, 4.69) is 5.32 Å². The van der Waals surface area contributed by atoms with Gasteiger partial charge in [-0.3, -0.25) is 14.5 Å². The fourth-order valence-corrected chi connectivity index (χ4v) is 5.69. The van der Waals surface area contributed by atoms with E-state index in [1.54, 1.807) is 6.07 Å². The molecule has 0 spiro atoms. The van der Waals surface area contributed by atoms with E-state index in [1.807, 2.05) is 37.3 Å². The van der Waals surface area contributed by atoms with Gasteiger partial charge in [-0.2, -0.15) is 4.31 Å². The van der Waals surface area contributed by atoms with Gasteiger partial charge in [-0.05, 0) is 56.4 Å². The summed E-state index contributed by atoms with van der Waals surface area (Å²) in [4.78, 5) is 26.7. The van der Waals surface area contributed by atoms with E-state index >= 15 is 0 Å². The van der Waals surface area contributed by atoms with Crippen LogP contribution in [0.1, 0.15) is 31.7 Å². The van der Waals surface area contributed by atoms with Crippen LogP contribution in [0.25, 0.3) is 0 Å². The third-order valence-corrected chi connectivity index (χ3v) is 7.89. The molecule has 0 radical (unpaired) electrons. The molecule has 0 aliphatic carbocycles. The molecule has 176 valence electrons. The number of rotatable bonds is 8. The summed E-state index contributed by atoms with van der Waals surface area (Å²) >= 11 is 0. The quantitative estimate of drug-likeness (QED) is 0.638. The zero-order valence-electron chi connectivity index (χ0n) is 18.7. The van der Waals surface area contributed by atoms with Gasteiger partial charge in [0.25, 0.3) is 5.91 Å². The molecule has 0 unspecified atom stereocenters. The molecule has 2 aliphatic rings. The van der Waals surface area contributed by atoms with E-state index in [-0.39, 0.29) is 35.9 Å². The predicted molar refractivity (Wildman–Crippen MR) is 125 cm³/mol. The van der Waals surface area contributed by atoms with Crippen molar-refractivity contribution >= 4 is 27.5 Å². The summed E-state index contributed by atoms with van der Waals surface area (Å²) in [7, 11) is -3.66. The van der Waals surface area contributed by atoms with Crippen molar-refractivity contribution in [3.8, 4) is 5.75 Å². The van der Waals surface area contributed by atoms with Crippen molar-refractivity contribution < 1.29 is 22.7 Å². The van der Waals surface area contributed by atoms with Gasteiger partial charge in [-0.1, -0.05) is 30.3 Å². The summed E-state index contributed by atoms with van der Waals surface area (Å²) in [6.07, 6.45) is 3.27. The molecule has 1 N–H and O–H groups in total. The van der Waals surface area contributed by atoms with Crippen molar-refractivity contribution in [1.29, 1.82) is 0 Å². The average Bonchev–Trinajstić information content (AvgIpc) is 3.36. The van der Waals surface area contributed by atoms with Crippen molar-refractivity contribution in [2.75, 3.05) is 31.1 Å². The van der Waals surface area contributed by atoms with E-state index in [4.69, 9.17) is 4.74 Å². The van der Waals surface area contributed by atoms with Crippen LogP contribution in [0.3, 0.4) is 0 Å². The highest BCUT2D eigenvalue weighted by molar-refractivity contribution is 7.89. The van der Waals surface area contributed by atoms with Crippen LogP contribution in [0, 0.1) is 0 Å². The average molecular weight is 472 g/mol. The molecule has 4 rings (SSSR count). The zero-order valence-corrected chi connectivity index (χ0v) is 19.5. The van der Waals surface area contributed by atoms with Gasteiger partial charge in [0.1, 0.15) is 12.3 Å². The number of benzene rings is 2. The van der Waals surface area contributed by atoms with Crippen LogP contribution < -0.4 is 15.0 Å². The third kappa shape index (κ3) is 5.36. The van der Waals surface area contributed by atoms with E-state index < -0.39 is 10.0 Å². The molecule has 2 heterocycles. The van der Waals surface area contributed by atoms with Crippen molar-refractivity contribution in [2.24, 2.45) is 0 Å². The first kappa shape index (κ1) is 23.3. The van der Waals surface area contributed by atoms with Crippen LogP contribution in [0.4, 0.5) is 5.69 Å². The highest BCUT2D eigenvalue weighted by Crippen LogP contribution is 2.35. The number of nitrogens with zero attached hydrogens (tertiary/aromatic N) is 2. The second kappa shape index (κ2) is 9.93. The van der Waals surface area contributed by atoms with Crippen LogP contribution in [-0.4, -0.2) is 56.8 Å². The third-order valence-electron chi connectivity index (χ3n) is 5.99. The van der Waals surface area contributed by atoms with E-state index in [1.165, 1.54) is 26.9 Å². The minimum Gasteiger partial charge on any atom is -0.482 e. The second-order valence-electron chi connectivity index (χ2n) is 8.50. The first-order valence-corrected chi connectivity index (χ1v) is 12.7.